The lowest BCUT2D eigenvalue weighted by Gasteiger charge is -2.29. The number of aromatic nitrogens is 1. The van der Waals surface area contributed by atoms with Gasteiger partial charge in [-0.05, 0) is 47.2 Å². The van der Waals surface area contributed by atoms with Crippen molar-refractivity contribution in [3.63, 3.8) is 0 Å². The number of carbonyl (C=O) groups excluding carboxylic acids is 1. The molecular weight excluding hydrogens is 456 g/mol. The number of nitrogens with zero attached hydrogens (tertiary/aromatic N) is 1. The third-order valence-electron chi connectivity index (χ3n) is 5.43. The van der Waals surface area contributed by atoms with Crippen molar-refractivity contribution in [2.45, 2.75) is 37.5 Å². The zero-order valence-electron chi connectivity index (χ0n) is 19.3. The maximum absolute atomic E-state index is 14.3. The van der Waals surface area contributed by atoms with E-state index in [4.69, 9.17) is 0 Å². The van der Waals surface area contributed by atoms with Crippen molar-refractivity contribution in [3.05, 3.63) is 89.8 Å². The van der Waals surface area contributed by atoms with Crippen molar-refractivity contribution in [2.75, 3.05) is 16.4 Å². The topological polar surface area (TPSA) is 74.2 Å². The molecule has 3 aromatic rings. The van der Waals surface area contributed by atoms with E-state index < -0.39 is 17.0 Å². The number of nitrogens with one attached hydrogen (secondary N) is 2. The molecule has 2 aromatic carbocycles. The van der Waals surface area contributed by atoms with E-state index in [1.54, 1.807) is 30.5 Å². The molecule has 1 amide bonds. The Bertz CT molecular complexity index is 1200. The van der Waals surface area contributed by atoms with Gasteiger partial charge in [-0.25, -0.2) is 13.8 Å². The van der Waals surface area contributed by atoms with Gasteiger partial charge in [0, 0.05) is 28.3 Å². The second kappa shape index (κ2) is 10.7. The molecule has 0 atom stereocenters. The van der Waals surface area contributed by atoms with Crippen LogP contribution in [0, 0.1) is 11.6 Å². The Balaban J connectivity index is 1.65. The van der Waals surface area contributed by atoms with Crippen LogP contribution < -0.4 is 10.6 Å². The zero-order valence-corrected chi connectivity index (χ0v) is 20.1. The van der Waals surface area contributed by atoms with Gasteiger partial charge in [0.05, 0.1) is 12.1 Å². The Morgan fingerprint density at radius 2 is 1.85 bits per heavy atom. The number of phenols is 1. The predicted molar refractivity (Wildman–Crippen MR) is 133 cm³/mol. The van der Waals surface area contributed by atoms with Gasteiger partial charge in [-0.2, -0.15) is 0 Å². The van der Waals surface area contributed by atoms with Crippen molar-refractivity contribution in [1.29, 1.82) is 0 Å². The normalized spacial score (nSPS) is 11.2. The smallest absolute Gasteiger partial charge is 0.230 e. The summed E-state index contributed by atoms with van der Waals surface area (Å²) in [5.74, 6) is -0.185. The number of benzene rings is 2. The summed E-state index contributed by atoms with van der Waals surface area (Å²) in [6.07, 6.45) is 1.49. The van der Waals surface area contributed by atoms with Crippen molar-refractivity contribution in [2.24, 2.45) is 0 Å². The Morgan fingerprint density at radius 1 is 1.09 bits per heavy atom. The Kier molecular flexibility index (Phi) is 7.94. The minimum atomic E-state index is -0.644. The maximum atomic E-state index is 14.3. The van der Waals surface area contributed by atoms with E-state index in [1.165, 1.54) is 36.0 Å². The van der Waals surface area contributed by atoms with Crippen molar-refractivity contribution in [1.82, 2.24) is 4.98 Å². The fourth-order valence-corrected chi connectivity index (χ4v) is 3.91. The summed E-state index contributed by atoms with van der Waals surface area (Å²) in [5, 5.41) is 15.2. The molecular formula is C26H27F2N3O2S. The molecule has 3 rings (SSSR count). The van der Waals surface area contributed by atoms with Crippen LogP contribution in [0.25, 0.3) is 0 Å². The molecule has 1 aromatic heterocycles. The summed E-state index contributed by atoms with van der Waals surface area (Å²) in [5.41, 5.74) is 1.06. The van der Waals surface area contributed by atoms with E-state index in [2.05, 4.69) is 22.2 Å². The molecule has 0 aliphatic carbocycles. The van der Waals surface area contributed by atoms with E-state index >= 15 is 0 Å². The molecule has 1 heterocycles. The first-order valence-electron chi connectivity index (χ1n) is 10.7. The standard InChI is InChI=1S/C26H27F2N3O2S/c1-5-34-20-9-6-17(22(28)14-20)12-25(33)31-24-11-7-18(15-29-24)26(3,4)16(2)30-23-13-19(32)8-10-21(23)27/h6-11,13-15,30,32H,2,5,12H2,1,3-4H3,(H,29,31,33). The van der Waals surface area contributed by atoms with Crippen molar-refractivity contribution < 1.29 is 18.7 Å². The molecule has 3 N–H and O–H groups in total. The molecule has 34 heavy (non-hydrogen) atoms. The highest BCUT2D eigenvalue weighted by Gasteiger charge is 2.26. The summed E-state index contributed by atoms with van der Waals surface area (Å²) < 4.78 is 28.3. The molecule has 8 heteroatoms. The van der Waals surface area contributed by atoms with E-state index in [-0.39, 0.29) is 23.8 Å². The summed E-state index contributed by atoms with van der Waals surface area (Å²) >= 11 is 1.54. The second-order valence-electron chi connectivity index (χ2n) is 8.24. The lowest BCUT2D eigenvalue weighted by molar-refractivity contribution is -0.115. The van der Waals surface area contributed by atoms with Crippen LogP contribution in [0.4, 0.5) is 20.3 Å². The number of allylic oxidation sites excluding steroid dienone is 1. The fraction of sp³-hybridized carbons (Fsp3) is 0.231. The number of pyridine rings is 1. The van der Waals surface area contributed by atoms with Gasteiger partial charge in [0.1, 0.15) is 23.2 Å². The van der Waals surface area contributed by atoms with Crippen molar-refractivity contribution >= 4 is 29.2 Å². The number of hydrogen-bond acceptors (Lipinski definition) is 5. The lowest BCUT2D eigenvalue weighted by atomic mass is 9.82. The van der Waals surface area contributed by atoms with Crippen LogP contribution in [-0.2, 0) is 16.6 Å². The SMILES string of the molecule is C=C(Nc1cc(O)ccc1F)C(C)(C)c1ccc(NC(=O)Cc2ccc(SCC)cc2F)nc1. The third-order valence-corrected chi connectivity index (χ3v) is 6.31. The van der Waals surface area contributed by atoms with Crippen LogP contribution in [0.2, 0.25) is 0 Å². The molecule has 0 spiro atoms. The first-order valence-corrected chi connectivity index (χ1v) is 11.7. The van der Waals surface area contributed by atoms with E-state index in [9.17, 15) is 18.7 Å². The first kappa shape index (κ1) is 25.2. The van der Waals surface area contributed by atoms with Crippen LogP contribution in [0.15, 0.2) is 71.9 Å². The second-order valence-corrected chi connectivity index (χ2v) is 9.57. The van der Waals surface area contributed by atoms with Gasteiger partial charge in [-0.1, -0.05) is 39.5 Å². The van der Waals surface area contributed by atoms with Gasteiger partial charge >= 0.3 is 0 Å². The van der Waals surface area contributed by atoms with Crippen LogP contribution in [-0.4, -0.2) is 21.8 Å². The summed E-state index contributed by atoms with van der Waals surface area (Å²) in [6.45, 7) is 9.79. The quantitative estimate of drug-likeness (QED) is 0.313. The largest absolute Gasteiger partial charge is 0.508 e. The van der Waals surface area contributed by atoms with E-state index in [0.29, 0.717) is 17.1 Å². The minimum Gasteiger partial charge on any atom is -0.508 e. The molecule has 0 saturated heterocycles. The third kappa shape index (κ3) is 6.14. The van der Waals surface area contributed by atoms with Crippen LogP contribution in [0.3, 0.4) is 0 Å². The number of rotatable bonds is 9. The molecule has 5 nitrogen and oxygen atoms in total. The molecule has 0 saturated carbocycles. The molecule has 178 valence electrons. The Hall–Kier alpha value is -3.39. The van der Waals surface area contributed by atoms with Gasteiger partial charge in [0.25, 0.3) is 0 Å². The number of carbonyl (C=O) groups is 1. The van der Waals surface area contributed by atoms with Crippen LogP contribution in [0.5, 0.6) is 5.75 Å². The van der Waals surface area contributed by atoms with E-state index in [1.807, 2.05) is 20.8 Å². The molecule has 0 aliphatic rings. The Morgan fingerprint density at radius 3 is 2.50 bits per heavy atom. The maximum Gasteiger partial charge on any atom is 0.230 e. The average Bonchev–Trinajstić information content (AvgIpc) is 2.78. The zero-order chi connectivity index (χ0) is 24.9. The molecule has 0 unspecified atom stereocenters. The summed E-state index contributed by atoms with van der Waals surface area (Å²) in [6, 6.07) is 12.0. The molecule has 0 bridgehead atoms. The van der Waals surface area contributed by atoms with Gasteiger partial charge in [0.15, 0.2) is 0 Å². The number of hydrogen-bond donors (Lipinski definition) is 3. The number of anilines is 2. The van der Waals surface area contributed by atoms with E-state index in [0.717, 1.165) is 16.2 Å². The molecule has 0 aliphatic heterocycles. The van der Waals surface area contributed by atoms with Gasteiger partial charge in [-0.3, -0.25) is 4.79 Å². The first-order chi connectivity index (χ1) is 16.1. The number of phenolic OH excluding ortho intramolecular Hbond substituents is 1. The highest BCUT2D eigenvalue weighted by Crippen LogP contribution is 2.32. The minimum absolute atomic E-state index is 0.0630. The predicted octanol–water partition coefficient (Wildman–Crippen LogP) is 6.26. The van der Waals surface area contributed by atoms with Gasteiger partial charge in [-0.15, -0.1) is 11.8 Å². The number of thioether (sulfide) groups is 1. The Labute approximate surface area is 202 Å². The molecule has 0 fully saturated rings. The average molecular weight is 484 g/mol. The van der Waals surface area contributed by atoms with Crippen molar-refractivity contribution in [3.8, 4) is 5.75 Å². The monoisotopic (exact) mass is 483 g/mol. The lowest BCUT2D eigenvalue weighted by Crippen LogP contribution is -2.25. The number of aromatic hydroxyl groups is 1. The van der Waals surface area contributed by atoms with Crippen LogP contribution >= 0.6 is 11.8 Å². The highest BCUT2D eigenvalue weighted by atomic mass is 32.2. The fourth-order valence-electron chi connectivity index (χ4n) is 3.23. The summed E-state index contributed by atoms with van der Waals surface area (Å²) in [7, 11) is 0. The highest BCUT2D eigenvalue weighted by molar-refractivity contribution is 7.99. The molecule has 0 radical (unpaired) electrons. The number of halogens is 2. The van der Waals surface area contributed by atoms with Gasteiger partial charge in [0.2, 0.25) is 5.91 Å². The number of amides is 1. The van der Waals surface area contributed by atoms with Gasteiger partial charge < -0.3 is 15.7 Å². The van der Waals surface area contributed by atoms with Crippen LogP contribution in [0.1, 0.15) is 31.9 Å². The summed E-state index contributed by atoms with van der Waals surface area (Å²) in [4.78, 5) is 17.5.